The molecule has 0 aliphatic heterocycles. The Morgan fingerprint density at radius 1 is 1.16 bits per heavy atom. The maximum absolute atomic E-state index is 13.8. The lowest BCUT2D eigenvalue weighted by Crippen LogP contribution is -2.22. The molecule has 1 heterocycles. The third-order valence-electron chi connectivity index (χ3n) is 2.74. The van der Waals surface area contributed by atoms with Gasteiger partial charge in [0.15, 0.2) is 0 Å². The number of methoxy groups -OCH3 is 1. The van der Waals surface area contributed by atoms with Crippen LogP contribution in [0.3, 0.4) is 0 Å². The number of nitrogens with one attached hydrogen (secondary N) is 1. The van der Waals surface area contributed by atoms with Gasteiger partial charge >= 0.3 is 0 Å². The molecule has 1 atom stereocenters. The van der Waals surface area contributed by atoms with Crippen molar-refractivity contribution in [2.45, 2.75) is 6.04 Å². The second-order valence-corrected chi connectivity index (χ2v) is 3.81. The molecular weight excluding hydrogens is 252 g/mol. The first-order valence-electron chi connectivity index (χ1n) is 5.65. The summed E-state index contributed by atoms with van der Waals surface area (Å²) in [7, 11) is 3.02. The van der Waals surface area contributed by atoms with Crippen LogP contribution in [0.4, 0.5) is 8.78 Å². The third kappa shape index (κ3) is 2.53. The zero-order valence-corrected chi connectivity index (χ0v) is 10.5. The first-order valence-corrected chi connectivity index (χ1v) is 5.65. The van der Waals surface area contributed by atoms with Crippen LogP contribution >= 0.6 is 0 Å². The fraction of sp³-hybridized carbons (Fsp3) is 0.231. The van der Waals surface area contributed by atoms with Gasteiger partial charge in [0.05, 0.1) is 13.2 Å². The van der Waals surface area contributed by atoms with E-state index in [9.17, 15) is 8.78 Å². The highest BCUT2D eigenvalue weighted by atomic mass is 19.1. The van der Waals surface area contributed by atoms with Gasteiger partial charge in [-0.15, -0.1) is 0 Å². The standard InChI is InChI=1S/C13H13F2N3O/c1-16-11(10-8(14)4-3-5-9(10)15)12-13(19-2)18-7-6-17-12/h3-7,11,16H,1-2H3. The molecule has 0 aliphatic rings. The first kappa shape index (κ1) is 13.4. The van der Waals surface area contributed by atoms with Crippen molar-refractivity contribution in [1.82, 2.24) is 15.3 Å². The van der Waals surface area contributed by atoms with Crippen molar-refractivity contribution in [2.24, 2.45) is 0 Å². The molecule has 0 spiro atoms. The molecule has 0 fully saturated rings. The predicted octanol–water partition coefficient (Wildman–Crippen LogP) is 2.07. The highest BCUT2D eigenvalue weighted by Crippen LogP contribution is 2.29. The highest BCUT2D eigenvalue weighted by molar-refractivity contribution is 5.34. The lowest BCUT2D eigenvalue weighted by molar-refractivity contribution is 0.382. The molecule has 0 amide bonds. The molecule has 1 aromatic carbocycles. The van der Waals surface area contributed by atoms with Gasteiger partial charge in [-0.05, 0) is 19.2 Å². The highest BCUT2D eigenvalue weighted by Gasteiger charge is 2.25. The van der Waals surface area contributed by atoms with E-state index >= 15 is 0 Å². The van der Waals surface area contributed by atoms with E-state index in [1.807, 2.05) is 0 Å². The number of ether oxygens (including phenoxy) is 1. The number of benzene rings is 1. The third-order valence-corrected chi connectivity index (χ3v) is 2.74. The monoisotopic (exact) mass is 265 g/mol. The van der Waals surface area contributed by atoms with E-state index < -0.39 is 17.7 Å². The van der Waals surface area contributed by atoms with Gasteiger partial charge in [-0.25, -0.2) is 13.8 Å². The van der Waals surface area contributed by atoms with Crippen LogP contribution in [-0.4, -0.2) is 24.1 Å². The van der Waals surface area contributed by atoms with Crippen molar-refractivity contribution in [1.29, 1.82) is 0 Å². The molecule has 2 aromatic rings. The number of halogens is 2. The Labute approximate surface area is 109 Å². The van der Waals surface area contributed by atoms with Gasteiger partial charge in [0.2, 0.25) is 5.88 Å². The van der Waals surface area contributed by atoms with Crippen LogP contribution in [-0.2, 0) is 0 Å². The molecule has 1 unspecified atom stereocenters. The van der Waals surface area contributed by atoms with Crippen LogP contribution in [0.25, 0.3) is 0 Å². The van der Waals surface area contributed by atoms with Crippen LogP contribution in [0.15, 0.2) is 30.6 Å². The fourth-order valence-electron chi connectivity index (χ4n) is 1.90. The molecule has 0 radical (unpaired) electrons. The molecule has 0 saturated carbocycles. The minimum Gasteiger partial charge on any atom is -0.480 e. The molecule has 2 rings (SSSR count). The van der Waals surface area contributed by atoms with Crippen LogP contribution in [0, 0.1) is 11.6 Å². The van der Waals surface area contributed by atoms with Crippen molar-refractivity contribution in [3.05, 3.63) is 53.5 Å². The van der Waals surface area contributed by atoms with E-state index in [4.69, 9.17) is 4.74 Å². The van der Waals surface area contributed by atoms with Crippen molar-refractivity contribution in [2.75, 3.05) is 14.2 Å². The lowest BCUT2D eigenvalue weighted by Gasteiger charge is -2.18. The van der Waals surface area contributed by atoms with E-state index in [1.54, 1.807) is 7.05 Å². The van der Waals surface area contributed by atoms with E-state index in [0.717, 1.165) is 0 Å². The molecule has 0 saturated heterocycles. The Balaban J connectivity index is 2.57. The molecule has 1 N–H and O–H groups in total. The number of hydrogen-bond donors (Lipinski definition) is 1. The topological polar surface area (TPSA) is 47.0 Å². The molecule has 1 aromatic heterocycles. The van der Waals surface area contributed by atoms with Gasteiger partial charge in [-0.1, -0.05) is 6.07 Å². The second-order valence-electron chi connectivity index (χ2n) is 3.81. The minimum atomic E-state index is -0.773. The van der Waals surface area contributed by atoms with Crippen LogP contribution < -0.4 is 10.1 Å². The normalized spacial score (nSPS) is 12.2. The quantitative estimate of drug-likeness (QED) is 0.919. The zero-order chi connectivity index (χ0) is 13.8. The Bertz CT molecular complexity index is 557. The Morgan fingerprint density at radius 3 is 2.37 bits per heavy atom. The van der Waals surface area contributed by atoms with E-state index in [-0.39, 0.29) is 11.4 Å². The number of hydrogen-bond acceptors (Lipinski definition) is 4. The molecule has 100 valence electrons. The van der Waals surface area contributed by atoms with Gasteiger partial charge in [0, 0.05) is 18.0 Å². The molecule has 0 bridgehead atoms. The fourth-order valence-corrected chi connectivity index (χ4v) is 1.90. The van der Waals surface area contributed by atoms with Gasteiger partial charge in [-0.2, -0.15) is 0 Å². The van der Waals surface area contributed by atoms with Gasteiger partial charge in [-0.3, -0.25) is 4.98 Å². The Kier molecular flexibility index (Phi) is 4.01. The van der Waals surface area contributed by atoms with E-state index in [0.29, 0.717) is 5.69 Å². The Hall–Kier alpha value is -2.08. The van der Waals surface area contributed by atoms with Crippen LogP contribution in [0.1, 0.15) is 17.3 Å². The van der Waals surface area contributed by atoms with E-state index in [1.165, 1.54) is 37.7 Å². The largest absolute Gasteiger partial charge is 0.480 e. The summed E-state index contributed by atoms with van der Waals surface area (Å²) in [5.74, 6) is -1.07. The maximum atomic E-state index is 13.8. The summed E-state index contributed by atoms with van der Waals surface area (Å²) >= 11 is 0. The van der Waals surface area contributed by atoms with Crippen molar-refractivity contribution in [3.63, 3.8) is 0 Å². The summed E-state index contributed by atoms with van der Waals surface area (Å²) in [4.78, 5) is 8.08. The molecule has 19 heavy (non-hydrogen) atoms. The van der Waals surface area contributed by atoms with Gasteiger partial charge in [0.1, 0.15) is 17.3 Å². The van der Waals surface area contributed by atoms with Crippen LogP contribution in [0.2, 0.25) is 0 Å². The van der Waals surface area contributed by atoms with Crippen LogP contribution in [0.5, 0.6) is 5.88 Å². The van der Waals surface area contributed by atoms with Gasteiger partial charge in [0.25, 0.3) is 0 Å². The molecular formula is C13H13F2N3O. The summed E-state index contributed by atoms with van der Waals surface area (Å²) in [5.41, 5.74) is 0.223. The summed E-state index contributed by atoms with van der Waals surface area (Å²) < 4.78 is 32.8. The Morgan fingerprint density at radius 2 is 1.79 bits per heavy atom. The SMILES string of the molecule is CNC(c1nccnc1OC)c1c(F)cccc1F. The summed E-state index contributed by atoms with van der Waals surface area (Å²) in [6.45, 7) is 0. The molecule has 0 aliphatic carbocycles. The smallest absolute Gasteiger partial charge is 0.237 e. The minimum absolute atomic E-state index is 0.108. The van der Waals surface area contributed by atoms with Crippen molar-refractivity contribution >= 4 is 0 Å². The average molecular weight is 265 g/mol. The number of aromatic nitrogens is 2. The predicted molar refractivity (Wildman–Crippen MR) is 65.8 cm³/mol. The molecule has 4 nitrogen and oxygen atoms in total. The van der Waals surface area contributed by atoms with Crippen molar-refractivity contribution in [3.8, 4) is 5.88 Å². The van der Waals surface area contributed by atoms with Gasteiger partial charge < -0.3 is 10.1 Å². The zero-order valence-electron chi connectivity index (χ0n) is 10.5. The van der Waals surface area contributed by atoms with Crippen molar-refractivity contribution < 1.29 is 13.5 Å². The lowest BCUT2D eigenvalue weighted by atomic mass is 10.0. The molecule has 6 heteroatoms. The van der Waals surface area contributed by atoms with E-state index in [2.05, 4.69) is 15.3 Å². The second kappa shape index (κ2) is 5.71. The summed E-state index contributed by atoms with van der Waals surface area (Å²) in [5, 5.41) is 2.83. The maximum Gasteiger partial charge on any atom is 0.237 e. The number of nitrogens with zero attached hydrogens (tertiary/aromatic N) is 2. The summed E-state index contributed by atoms with van der Waals surface area (Å²) in [6.07, 6.45) is 2.90. The number of rotatable bonds is 4. The average Bonchev–Trinajstić information content (AvgIpc) is 2.43. The first-order chi connectivity index (χ1) is 9.19. The summed E-state index contributed by atoms with van der Waals surface area (Å²) in [6, 6.07) is 2.94.